The summed E-state index contributed by atoms with van der Waals surface area (Å²) in [7, 11) is 2.22. The van der Waals surface area contributed by atoms with Crippen LogP contribution in [-0.4, -0.2) is 49.1 Å². The number of rotatable bonds is 1. The minimum absolute atomic E-state index is 0.939. The van der Waals surface area contributed by atoms with Crippen molar-refractivity contribution in [1.29, 1.82) is 0 Å². The Labute approximate surface area is 89.3 Å². The highest BCUT2D eigenvalue weighted by Gasteiger charge is 2.31. The maximum absolute atomic E-state index is 2.68. The molecule has 2 aliphatic rings. The molecular formula is C12H26N2. The van der Waals surface area contributed by atoms with Crippen LogP contribution in [0.25, 0.3) is 0 Å². The lowest BCUT2D eigenvalue weighted by Gasteiger charge is -2.45. The minimum Gasteiger partial charge on any atom is -0.304 e. The van der Waals surface area contributed by atoms with Gasteiger partial charge < -0.3 is 4.90 Å². The monoisotopic (exact) mass is 198 g/mol. The first-order chi connectivity index (χ1) is 6.75. The quantitative estimate of drug-likeness (QED) is 0.636. The molecule has 2 rings (SSSR count). The van der Waals surface area contributed by atoms with Crippen molar-refractivity contribution in [2.75, 3.05) is 33.2 Å². The molecule has 0 radical (unpaired) electrons. The van der Waals surface area contributed by atoms with Gasteiger partial charge >= 0.3 is 0 Å². The topological polar surface area (TPSA) is 6.48 Å². The number of piperazine rings is 1. The summed E-state index contributed by atoms with van der Waals surface area (Å²) in [5.74, 6) is 0.995. The van der Waals surface area contributed by atoms with Crippen molar-refractivity contribution in [3.05, 3.63) is 0 Å². The minimum atomic E-state index is 0.939. The third kappa shape index (κ3) is 2.96. The van der Waals surface area contributed by atoms with Gasteiger partial charge in [0.1, 0.15) is 0 Å². The zero-order chi connectivity index (χ0) is 10.6. The first-order valence-corrected chi connectivity index (χ1v) is 6.18. The van der Waals surface area contributed by atoms with E-state index in [0.29, 0.717) is 0 Å². The van der Waals surface area contributed by atoms with Crippen LogP contribution < -0.4 is 0 Å². The van der Waals surface area contributed by atoms with E-state index >= 15 is 0 Å². The van der Waals surface area contributed by atoms with Crippen molar-refractivity contribution in [2.45, 2.75) is 39.7 Å². The van der Waals surface area contributed by atoms with Gasteiger partial charge in [-0.05, 0) is 25.8 Å². The van der Waals surface area contributed by atoms with Crippen LogP contribution >= 0.6 is 0 Å². The van der Waals surface area contributed by atoms with Crippen molar-refractivity contribution in [3.8, 4) is 0 Å². The van der Waals surface area contributed by atoms with E-state index in [1.54, 1.807) is 0 Å². The molecule has 0 aromatic carbocycles. The zero-order valence-electron chi connectivity index (χ0n) is 10.3. The van der Waals surface area contributed by atoms with E-state index in [-0.39, 0.29) is 0 Å². The maximum atomic E-state index is 2.68. The van der Waals surface area contributed by atoms with Crippen molar-refractivity contribution in [2.24, 2.45) is 5.92 Å². The van der Waals surface area contributed by atoms with Gasteiger partial charge in [0, 0.05) is 32.2 Å². The van der Waals surface area contributed by atoms with Crippen LogP contribution in [0.3, 0.4) is 0 Å². The van der Waals surface area contributed by atoms with Gasteiger partial charge in [-0.3, -0.25) is 4.90 Å². The molecule has 0 atom stereocenters. The average molecular weight is 198 g/mol. The predicted molar refractivity (Wildman–Crippen MR) is 62.6 cm³/mol. The zero-order valence-corrected chi connectivity index (χ0v) is 10.3. The number of hydrogen-bond acceptors (Lipinski definition) is 2. The van der Waals surface area contributed by atoms with E-state index in [9.17, 15) is 0 Å². The highest BCUT2D eigenvalue weighted by Crippen LogP contribution is 2.31. The largest absolute Gasteiger partial charge is 0.304 e. The van der Waals surface area contributed by atoms with Crippen molar-refractivity contribution >= 4 is 0 Å². The van der Waals surface area contributed by atoms with E-state index in [4.69, 9.17) is 0 Å². The van der Waals surface area contributed by atoms with Gasteiger partial charge in [-0.2, -0.15) is 0 Å². The lowest BCUT2D eigenvalue weighted by atomic mass is 9.80. The molecule has 0 bridgehead atoms. The fourth-order valence-corrected chi connectivity index (χ4v) is 2.35. The molecule has 2 nitrogen and oxygen atoms in total. The highest BCUT2D eigenvalue weighted by molar-refractivity contribution is 4.86. The molecule has 0 unspecified atom stereocenters. The normalized spacial score (nSPS) is 34.3. The summed E-state index contributed by atoms with van der Waals surface area (Å²) in [6.45, 7) is 11.5. The molecule has 1 aliphatic carbocycles. The molecule has 84 valence electrons. The van der Waals surface area contributed by atoms with Gasteiger partial charge in [-0.25, -0.2) is 0 Å². The third-order valence-electron chi connectivity index (χ3n) is 3.40. The Bertz CT molecular complexity index is 144. The molecule has 1 aliphatic heterocycles. The van der Waals surface area contributed by atoms with E-state index < -0.39 is 0 Å². The summed E-state index contributed by atoms with van der Waals surface area (Å²) in [6.07, 6.45) is 2.90. The molecule has 0 N–H and O–H groups in total. The molecule has 2 fully saturated rings. The maximum Gasteiger partial charge on any atom is 0.0113 e. The summed E-state index contributed by atoms with van der Waals surface area (Å²) in [6, 6.07) is 0.939. The van der Waals surface area contributed by atoms with Crippen molar-refractivity contribution < 1.29 is 0 Å². The average Bonchev–Trinajstić information content (AvgIpc) is 2.18. The van der Waals surface area contributed by atoms with Crippen LogP contribution in [0.2, 0.25) is 0 Å². The Morgan fingerprint density at radius 1 is 0.929 bits per heavy atom. The molecule has 1 saturated heterocycles. The van der Waals surface area contributed by atoms with E-state index in [1.807, 2.05) is 13.8 Å². The van der Waals surface area contributed by atoms with Crippen LogP contribution in [0.4, 0.5) is 0 Å². The molecule has 1 heterocycles. The lowest BCUT2D eigenvalue weighted by Crippen LogP contribution is -2.52. The summed E-state index contributed by atoms with van der Waals surface area (Å²) >= 11 is 0. The molecule has 0 spiro atoms. The molecule has 0 amide bonds. The smallest absolute Gasteiger partial charge is 0.0113 e. The van der Waals surface area contributed by atoms with Gasteiger partial charge in [0.2, 0.25) is 0 Å². The summed E-state index contributed by atoms with van der Waals surface area (Å²) < 4.78 is 0. The first-order valence-electron chi connectivity index (χ1n) is 6.18. The molecule has 2 heteroatoms. The molecule has 14 heavy (non-hydrogen) atoms. The van der Waals surface area contributed by atoms with Crippen LogP contribution in [0.1, 0.15) is 33.6 Å². The second kappa shape index (κ2) is 5.72. The number of nitrogens with zero attached hydrogens (tertiary/aromatic N) is 2. The van der Waals surface area contributed by atoms with Crippen LogP contribution in [0.15, 0.2) is 0 Å². The Balaban J connectivity index is 0.000000461. The Morgan fingerprint density at radius 3 is 1.86 bits per heavy atom. The highest BCUT2D eigenvalue weighted by atomic mass is 15.3. The van der Waals surface area contributed by atoms with Crippen molar-refractivity contribution in [1.82, 2.24) is 9.80 Å². The summed E-state index contributed by atoms with van der Waals surface area (Å²) in [5.41, 5.74) is 0. The van der Waals surface area contributed by atoms with E-state index in [2.05, 4.69) is 23.8 Å². The number of hydrogen-bond donors (Lipinski definition) is 0. The van der Waals surface area contributed by atoms with E-state index in [1.165, 1.54) is 39.0 Å². The second-order valence-corrected chi connectivity index (χ2v) is 4.57. The van der Waals surface area contributed by atoms with Crippen LogP contribution in [-0.2, 0) is 0 Å². The predicted octanol–water partition coefficient (Wildman–Crippen LogP) is 2.06. The molecule has 1 saturated carbocycles. The summed E-state index contributed by atoms with van der Waals surface area (Å²) in [5, 5.41) is 0. The first kappa shape index (κ1) is 12.0. The number of likely N-dealkylation sites (N-methyl/N-ethyl adjacent to an activating group) is 1. The van der Waals surface area contributed by atoms with Crippen LogP contribution in [0, 0.1) is 5.92 Å². The lowest BCUT2D eigenvalue weighted by molar-refractivity contribution is 0.0457. The van der Waals surface area contributed by atoms with Gasteiger partial charge in [0.05, 0.1) is 0 Å². The fraction of sp³-hybridized carbons (Fsp3) is 1.00. The molecule has 0 aromatic heterocycles. The third-order valence-corrected chi connectivity index (χ3v) is 3.40. The van der Waals surface area contributed by atoms with Gasteiger partial charge in [0.25, 0.3) is 0 Å². The van der Waals surface area contributed by atoms with Crippen LogP contribution in [0.5, 0.6) is 0 Å². The Morgan fingerprint density at radius 2 is 1.43 bits per heavy atom. The molecular weight excluding hydrogens is 172 g/mol. The molecule has 0 aromatic rings. The van der Waals surface area contributed by atoms with Gasteiger partial charge in [0.15, 0.2) is 0 Å². The van der Waals surface area contributed by atoms with Gasteiger partial charge in [-0.15, -0.1) is 0 Å². The fourth-order valence-electron chi connectivity index (χ4n) is 2.35. The second-order valence-electron chi connectivity index (χ2n) is 4.57. The van der Waals surface area contributed by atoms with Gasteiger partial charge in [-0.1, -0.05) is 20.8 Å². The Hall–Kier alpha value is -0.0800. The Kier molecular flexibility index (Phi) is 4.90. The van der Waals surface area contributed by atoms with Crippen molar-refractivity contribution in [3.63, 3.8) is 0 Å². The van der Waals surface area contributed by atoms with E-state index in [0.717, 1.165) is 12.0 Å². The standard InChI is InChI=1S/C10H20N2.C2H6/c1-9-7-10(8-9)12-5-3-11(2)4-6-12;1-2/h9-10H,3-8H2,1-2H3;1-2H3. The summed E-state index contributed by atoms with van der Waals surface area (Å²) in [4.78, 5) is 5.11. The SMILES string of the molecule is CC.CC1CC(N2CCN(C)CC2)C1.